The molecular formula is C12H14BrClN2O3. The number of anilines is 1. The number of hydrogen-bond acceptors (Lipinski definition) is 4. The Hall–Kier alpha value is -0.850. The molecule has 1 saturated heterocycles. The number of nitrogens with zero attached hydrogens (tertiary/aromatic N) is 2. The Kier molecular flexibility index (Phi) is 4.32. The molecule has 1 fully saturated rings. The van der Waals surface area contributed by atoms with Crippen LogP contribution < -0.4 is 4.90 Å². The van der Waals surface area contributed by atoms with Crippen molar-refractivity contribution in [3.8, 4) is 0 Å². The molecule has 0 bridgehead atoms. The summed E-state index contributed by atoms with van der Waals surface area (Å²) in [4.78, 5) is 12.4. The fourth-order valence-electron chi connectivity index (χ4n) is 2.32. The molecule has 0 aromatic heterocycles. The Labute approximate surface area is 124 Å². The van der Waals surface area contributed by atoms with Gasteiger partial charge in [-0.1, -0.05) is 11.6 Å². The minimum Gasteiger partial charge on any atom is -0.372 e. The summed E-state index contributed by atoms with van der Waals surface area (Å²) >= 11 is 9.56. The second kappa shape index (κ2) is 5.64. The lowest BCUT2D eigenvalue weighted by molar-refractivity contribution is -0.384. The first-order valence-electron chi connectivity index (χ1n) is 5.92. The van der Waals surface area contributed by atoms with E-state index < -0.39 is 4.92 Å². The van der Waals surface area contributed by atoms with Gasteiger partial charge in [-0.2, -0.15) is 0 Å². The number of ether oxygens (including phenoxy) is 1. The van der Waals surface area contributed by atoms with Crippen LogP contribution in [-0.4, -0.2) is 30.2 Å². The van der Waals surface area contributed by atoms with E-state index in [4.69, 9.17) is 16.3 Å². The maximum absolute atomic E-state index is 10.8. The van der Waals surface area contributed by atoms with Crippen LogP contribution in [0.25, 0.3) is 0 Å². The van der Waals surface area contributed by atoms with E-state index in [-0.39, 0.29) is 17.9 Å². The van der Waals surface area contributed by atoms with Crippen LogP contribution in [0.2, 0.25) is 5.02 Å². The van der Waals surface area contributed by atoms with Gasteiger partial charge in [0.15, 0.2) is 0 Å². The summed E-state index contributed by atoms with van der Waals surface area (Å²) in [6.07, 6.45) is 0.198. The average Bonchev–Trinajstić information content (AvgIpc) is 2.26. The zero-order valence-electron chi connectivity index (χ0n) is 10.6. The zero-order valence-corrected chi connectivity index (χ0v) is 12.9. The molecule has 0 amide bonds. The Morgan fingerprint density at radius 2 is 2.00 bits per heavy atom. The third-order valence-corrected chi connectivity index (χ3v) is 3.84. The van der Waals surface area contributed by atoms with Gasteiger partial charge in [0.05, 0.1) is 27.8 Å². The molecule has 104 valence electrons. The van der Waals surface area contributed by atoms with Crippen LogP contribution in [0.4, 0.5) is 11.4 Å². The minimum atomic E-state index is -0.453. The fraction of sp³-hybridized carbons (Fsp3) is 0.500. The first-order valence-corrected chi connectivity index (χ1v) is 7.09. The second-order valence-electron chi connectivity index (χ2n) is 4.68. The third-order valence-electron chi connectivity index (χ3n) is 2.95. The van der Waals surface area contributed by atoms with Gasteiger partial charge in [-0.05, 0) is 29.8 Å². The van der Waals surface area contributed by atoms with Gasteiger partial charge in [0, 0.05) is 29.7 Å². The van der Waals surface area contributed by atoms with E-state index in [0.29, 0.717) is 22.6 Å². The van der Waals surface area contributed by atoms with E-state index in [1.165, 1.54) is 12.1 Å². The van der Waals surface area contributed by atoms with Crippen LogP contribution in [0.15, 0.2) is 16.6 Å². The Bertz CT molecular complexity index is 479. The van der Waals surface area contributed by atoms with E-state index in [2.05, 4.69) is 20.8 Å². The van der Waals surface area contributed by atoms with E-state index in [0.717, 1.165) is 5.69 Å². The number of non-ortho nitro benzene ring substituents is 1. The molecule has 1 heterocycles. The lowest BCUT2D eigenvalue weighted by Crippen LogP contribution is -2.45. The number of nitro groups is 1. The molecule has 5 nitrogen and oxygen atoms in total. The SMILES string of the molecule is C[C@@H]1CN(c2c(Cl)cc([N+](=O)[O-])cc2Br)C[C@H](C)O1. The summed E-state index contributed by atoms with van der Waals surface area (Å²) in [5.74, 6) is 0. The molecule has 1 aliphatic rings. The predicted octanol–water partition coefficient (Wildman–Crippen LogP) is 3.62. The maximum Gasteiger partial charge on any atom is 0.272 e. The van der Waals surface area contributed by atoms with Gasteiger partial charge in [0.2, 0.25) is 0 Å². The van der Waals surface area contributed by atoms with Crippen LogP contribution in [-0.2, 0) is 4.74 Å². The third kappa shape index (κ3) is 3.19. The lowest BCUT2D eigenvalue weighted by atomic mass is 10.2. The van der Waals surface area contributed by atoms with E-state index >= 15 is 0 Å². The topological polar surface area (TPSA) is 55.6 Å². The molecule has 7 heteroatoms. The van der Waals surface area contributed by atoms with Crippen molar-refractivity contribution in [3.05, 3.63) is 31.7 Å². The Morgan fingerprint density at radius 1 is 1.42 bits per heavy atom. The van der Waals surface area contributed by atoms with Crippen molar-refractivity contribution in [2.24, 2.45) is 0 Å². The van der Waals surface area contributed by atoms with Crippen molar-refractivity contribution in [1.82, 2.24) is 0 Å². The summed E-state index contributed by atoms with van der Waals surface area (Å²) in [6, 6.07) is 2.86. The van der Waals surface area contributed by atoms with Gasteiger partial charge in [-0.25, -0.2) is 0 Å². The highest BCUT2D eigenvalue weighted by Crippen LogP contribution is 2.38. The van der Waals surface area contributed by atoms with Crippen molar-refractivity contribution in [2.45, 2.75) is 26.1 Å². The van der Waals surface area contributed by atoms with Crippen molar-refractivity contribution >= 4 is 38.9 Å². The molecule has 0 saturated carbocycles. The zero-order chi connectivity index (χ0) is 14.2. The highest BCUT2D eigenvalue weighted by molar-refractivity contribution is 9.10. The molecular weight excluding hydrogens is 336 g/mol. The Morgan fingerprint density at radius 3 is 2.47 bits per heavy atom. The summed E-state index contributed by atoms with van der Waals surface area (Å²) in [6.45, 7) is 5.41. The molecule has 0 aliphatic carbocycles. The molecule has 0 spiro atoms. The normalized spacial score (nSPS) is 23.5. The molecule has 0 radical (unpaired) electrons. The predicted molar refractivity (Wildman–Crippen MR) is 78.0 cm³/mol. The van der Waals surface area contributed by atoms with Crippen molar-refractivity contribution in [1.29, 1.82) is 0 Å². The summed E-state index contributed by atoms with van der Waals surface area (Å²) in [5, 5.41) is 11.2. The minimum absolute atomic E-state index is 0.0185. The molecule has 1 aromatic rings. The maximum atomic E-state index is 10.8. The quantitative estimate of drug-likeness (QED) is 0.604. The molecule has 0 N–H and O–H groups in total. The van der Waals surface area contributed by atoms with Gasteiger partial charge >= 0.3 is 0 Å². The molecule has 19 heavy (non-hydrogen) atoms. The van der Waals surface area contributed by atoms with Gasteiger partial charge in [0.25, 0.3) is 5.69 Å². The molecule has 2 rings (SSSR count). The number of nitro benzene ring substituents is 1. The van der Waals surface area contributed by atoms with E-state index in [1.807, 2.05) is 13.8 Å². The summed E-state index contributed by atoms with van der Waals surface area (Å²) in [5.41, 5.74) is 0.768. The average molecular weight is 350 g/mol. The number of morpholine rings is 1. The van der Waals surface area contributed by atoms with Crippen LogP contribution in [0, 0.1) is 10.1 Å². The first-order chi connectivity index (χ1) is 8.88. The number of rotatable bonds is 2. The Balaban J connectivity index is 2.37. The van der Waals surface area contributed by atoms with Crippen molar-refractivity contribution in [3.63, 3.8) is 0 Å². The smallest absolute Gasteiger partial charge is 0.272 e. The highest BCUT2D eigenvalue weighted by atomic mass is 79.9. The number of hydrogen-bond donors (Lipinski definition) is 0. The van der Waals surface area contributed by atoms with Gasteiger partial charge in [-0.3, -0.25) is 10.1 Å². The monoisotopic (exact) mass is 348 g/mol. The summed E-state index contributed by atoms with van der Waals surface area (Å²) < 4.78 is 6.30. The van der Waals surface area contributed by atoms with E-state index in [9.17, 15) is 10.1 Å². The highest BCUT2D eigenvalue weighted by Gasteiger charge is 2.26. The van der Waals surface area contributed by atoms with Gasteiger partial charge < -0.3 is 9.64 Å². The van der Waals surface area contributed by atoms with Crippen LogP contribution in [0.5, 0.6) is 0 Å². The first kappa shape index (κ1) is 14.6. The molecule has 0 unspecified atom stereocenters. The van der Waals surface area contributed by atoms with Crippen LogP contribution in [0.3, 0.4) is 0 Å². The molecule has 1 aromatic carbocycles. The van der Waals surface area contributed by atoms with E-state index in [1.54, 1.807) is 0 Å². The number of benzene rings is 1. The molecule has 2 atom stereocenters. The van der Waals surface area contributed by atoms with Gasteiger partial charge in [-0.15, -0.1) is 0 Å². The fourth-order valence-corrected chi connectivity index (χ4v) is 3.47. The summed E-state index contributed by atoms with van der Waals surface area (Å²) in [7, 11) is 0. The van der Waals surface area contributed by atoms with Crippen molar-refractivity contribution < 1.29 is 9.66 Å². The van der Waals surface area contributed by atoms with Gasteiger partial charge in [0.1, 0.15) is 0 Å². The number of halogens is 2. The standard InChI is InChI=1S/C12H14BrClN2O3/c1-7-5-15(6-8(2)19-7)12-10(13)3-9(16(17)18)4-11(12)14/h3-4,7-8H,5-6H2,1-2H3/t7-,8+. The van der Waals surface area contributed by atoms with Crippen molar-refractivity contribution in [2.75, 3.05) is 18.0 Å². The lowest BCUT2D eigenvalue weighted by Gasteiger charge is -2.37. The molecule has 1 aliphatic heterocycles. The van der Waals surface area contributed by atoms with Crippen LogP contribution in [0.1, 0.15) is 13.8 Å². The van der Waals surface area contributed by atoms with Crippen LogP contribution >= 0.6 is 27.5 Å². The largest absolute Gasteiger partial charge is 0.372 e. The second-order valence-corrected chi connectivity index (χ2v) is 5.94.